The Morgan fingerprint density at radius 3 is 2.14 bits per heavy atom. The zero-order chi connectivity index (χ0) is 31.5. The summed E-state index contributed by atoms with van der Waals surface area (Å²) in [6, 6.07) is 0. The predicted molar refractivity (Wildman–Crippen MR) is 165 cm³/mol. The van der Waals surface area contributed by atoms with Crippen LogP contribution in [-0.4, -0.2) is 80.0 Å². The molecule has 6 fully saturated rings. The summed E-state index contributed by atoms with van der Waals surface area (Å²) in [6.07, 6.45) is 2.33. The first-order chi connectivity index (χ1) is 20.0. The van der Waals surface area contributed by atoms with E-state index in [1.807, 2.05) is 0 Å². The van der Waals surface area contributed by atoms with Gasteiger partial charge in [-0.3, -0.25) is 0 Å². The van der Waals surface area contributed by atoms with Crippen molar-refractivity contribution in [3.8, 4) is 0 Å². The Labute approximate surface area is 259 Å². The fourth-order valence-electron chi connectivity index (χ4n) is 13.4. The summed E-state index contributed by atoms with van der Waals surface area (Å²) in [5.41, 5.74) is 0.982. The molecule has 246 valence electrons. The first kappa shape index (κ1) is 32.4. The summed E-state index contributed by atoms with van der Waals surface area (Å²) in [4.78, 5) is 0. The molecule has 1 aliphatic heterocycles. The Balaban J connectivity index is 1.37. The van der Waals surface area contributed by atoms with Crippen molar-refractivity contribution in [2.75, 3.05) is 6.61 Å². The van der Waals surface area contributed by atoms with Crippen LogP contribution in [0, 0.1) is 56.7 Å². The molecule has 0 amide bonds. The number of fused-ring (bicyclic) bond motifs is 7. The van der Waals surface area contributed by atoms with Crippen LogP contribution in [0.4, 0.5) is 0 Å². The fourth-order valence-corrected chi connectivity index (χ4v) is 13.4. The minimum absolute atomic E-state index is 0.0748. The van der Waals surface area contributed by atoms with E-state index in [1.165, 1.54) is 0 Å². The molecule has 7 nitrogen and oxygen atoms in total. The average Bonchev–Trinajstić information content (AvgIpc) is 3.35. The second kappa shape index (κ2) is 10.5. The van der Waals surface area contributed by atoms with E-state index in [0.29, 0.717) is 17.8 Å². The van der Waals surface area contributed by atoms with E-state index in [9.17, 15) is 30.6 Å². The number of aliphatic hydroxyl groups excluding tert-OH is 6. The van der Waals surface area contributed by atoms with Gasteiger partial charge >= 0.3 is 0 Å². The molecule has 43 heavy (non-hydrogen) atoms. The summed E-state index contributed by atoms with van der Waals surface area (Å²) < 4.78 is 6.01. The first-order valence-electron chi connectivity index (χ1n) is 17.3. The lowest BCUT2D eigenvalue weighted by Gasteiger charge is -2.73. The number of ether oxygens (including phenoxy) is 1. The molecule has 1 heterocycles. The van der Waals surface area contributed by atoms with Gasteiger partial charge in [0.1, 0.15) is 30.5 Å². The van der Waals surface area contributed by atoms with Crippen LogP contribution in [0.25, 0.3) is 0 Å². The molecule has 7 heteroatoms. The van der Waals surface area contributed by atoms with Gasteiger partial charge in [0.15, 0.2) is 0 Å². The molecule has 0 aromatic heterocycles. The van der Waals surface area contributed by atoms with Gasteiger partial charge in [-0.1, -0.05) is 46.8 Å². The van der Waals surface area contributed by atoms with E-state index in [0.717, 1.165) is 69.8 Å². The van der Waals surface area contributed by atoms with Gasteiger partial charge in [0.2, 0.25) is 0 Å². The minimum atomic E-state index is -1.49. The second-order valence-corrected chi connectivity index (χ2v) is 17.5. The van der Waals surface area contributed by atoms with Crippen molar-refractivity contribution >= 4 is 0 Å². The molecule has 6 rings (SSSR count). The van der Waals surface area contributed by atoms with E-state index < -0.39 is 48.6 Å². The number of allylic oxidation sites excluding steroid dienone is 1. The van der Waals surface area contributed by atoms with E-state index in [4.69, 9.17) is 4.74 Å². The standard InChI is InChI=1S/C36H60O7/c1-19(2)20-10-15-36(31(42)30-29(41)28(40)27(39)22(18-37)43-30)17-16-34(6)21(26(20)36)8-9-24-33(5)13-12-25(38)32(3,4)23(33)11-14-35(24,34)7/h20-31,37-42H,1,8-18H2,2-7H3/t20-,21?,22?,23?,24?,25-,26?,27+,28?,29?,30+,31?,33-,34+,35+,36-/m0/s1. The van der Waals surface area contributed by atoms with Crippen LogP contribution in [0.1, 0.15) is 106 Å². The van der Waals surface area contributed by atoms with Gasteiger partial charge in [0, 0.05) is 5.41 Å². The third-order valence-corrected chi connectivity index (χ3v) is 15.9. The Hall–Kier alpha value is -0.540. The molecular formula is C36H60O7. The summed E-state index contributed by atoms with van der Waals surface area (Å²) in [6.45, 7) is 18.3. The van der Waals surface area contributed by atoms with Crippen LogP contribution in [0.3, 0.4) is 0 Å². The number of hydrogen-bond acceptors (Lipinski definition) is 7. The van der Waals surface area contributed by atoms with Gasteiger partial charge in [-0.05, 0) is 122 Å². The fraction of sp³-hybridized carbons (Fsp3) is 0.944. The normalized spacial score (nSPS) is 56.7. The molecule has 5 aliphatic carbocycles. The van der Waals surface area contributed by atoms with Gasteiger partial charge in [-0.25, -0.2) is 0 Å². The van der Waals surface area contributed by atoms with E-state index in [2.05, 4.69) is 48.1 Å². The molecule has 0 aromatic carbocycles. The van der Waals surface area contributed by atoms with Gasteiger partial charge in [-0.2, -0.15) is 0 Å². The zero-order valence-electron chi connectivity index (χ0n) is 27.5. The number of rotatable bonds is 4. The highest BCUT2D eigenvalue weighted by Gasteiger charge is 2.72. The summed E-state index contributed by atoms with van der Waals surface area (Å²) in [5.74, 6) is 1.92. The third kappa shape index (κ3) is 4.17. The third-order valence-electron chi connectivity index (χ3n) is 15.9. The number of hydrogen-bond donors (Lipinski definition) is 6. The lowest BCUT2D eigenvalue weighted by atomic mass is 9.32. The van der Waals surface area contributed by atoms with Crippen LogP contribution in [0.2, 0.25) is 0 Å². The molecular weight excluding hydrogens is 544 g/mol. The summed E-state index contributed by atoms with van der Waals surface area (Å²) in [5, 5.41) is 65.3. The average molecular weight is 605 g/mol. The maximum Gasteiger partial charge on any atom is 0.113 e. The lowest BCUT2D eigenvalue weighted by molar-refractivity contribution is -0.283. The Morgan fingerprint density at radius 2 is 1.49 bits per heavy atom. The molecule has 0 spiro atoms. The van der Waals surface area contributed by atoms with Crippen LogP contribution < -0.4 is 0 Å². The lowest BCUT2D eigenvalue weighted by Crippen LogP contribution is -2.69. The highest BCUT2D eigenvalue weighted by atomic mass is 16.6. The van der Waals surface area contributed by atoms with Crippen molar-refractivity contribution in [2.24, 2.45) is 56.7 Å². The van der Waals surface area contributed by atoms with Crippen molar-refractivity contribution in [1.29, 1.82) is 0 Å². The maximum atomic E-state index is 12.3. The van der Waals surface area contributed by atoms with Crippen molar-refractivity contribution in [3.05, 3.63) is 12.2 Å². The largest absolute Gasteiger partial charge is 0.394 e. The van der Waals surface area contributed by atoms with Gasteiger partial charge in [0.05, 0.1) is 18.8 Å². The second-order valence-electron chi connectivity index (χ2n) is 17.5. The Kier molecular flexibility index (Phi) is 7.90. The van der Waals surface area contributed by atoms with Crippen molar-refractivity contribution in [1.82, 2.24) is 0 Å². The van der Waals surface area contributed by atoms with Crippen molar-refractivity contribution in [3.63, 3.8) is 0 Å². The van der Waals surface area contributed by atoms with E-state index >= 15 is 0 Å². The van der Waals surface area contributed by atoms with Crippen LogP contribution in [0.15, 0.2) is 12.2 Å². The molecule has 0 bridgehead atoms. The molecule has 16 atom stereocenters. The Morgan fingerprint density at radius 1 is 0.791 bits per heavy atom. The molecule has 1 saturated heterocycles. The highest BCUT2D eigenvalue weighted by molar-refractivity contribution is 5.23. The van der Waals surface area contributed by atoms with E-state index in [1.54, 1.807) is 0 Å². The molecule has 0 aromatic rings. The zero-order valence-corrected chi connectivity index (χ0v) is 27.5. The van der Waals surface area contributed by atoms with Crippen LogP contribution >= 0.6 is 0 Å². The first-order valence-corrected chi connectivity index (χ1v) is 17.3. The van der Waals surface area contributed by atoms with Crippen molar-refractivity contribution in [2.45, 2.75) is 148 Å². The van der Waals surface area contributed by atoms with E-state index in [-0.39, 0.29) is 39.6 Å². The van der Waals surface area contributed by atoms with Crippen molar-refractivity contribution < 1.29 is 35.4 Å². The molecule has 6 aliphatic rings. The monoisotopic (exact) mass is 604 g/mol. The summed E-state index contributed by atoms with van der Waals surface area (Å²) in [7, 11) is 0. The summed E-state index contributed by atoms with van der Waals surface area (Å²) >= 11 is 0. The minimum Gasteiger partial charge on any atom is -0.394 e. The quantitative estimate of drug-likeness (QED) is 0.265. The molecule has 6 N–H and O–H groups in total. The maximum absolute atomic E-state index is 12.3. The molecule has 5 saturated carbocycles. The topological polar surface area (TPSA) is 131 Å². The highest BCUT2D eigenvalue weighted by Crippen LogP contribution is 2.78. The molecule has 0 radical (unpaired) electrons. The molecule has 8 unspecified atom stereocenters. The van der Waals surface area contributed by atoms with Crippen LogP contribution in [0.5, 0.6) is 0 Å². The number of aliphatic hydroxyl groups is 6. The van der Waals surface area contributed by atoms with Crippen LogP contribution in [-0.2, 0) is 4.74 Å². The van der Waals surface area contributed by atoms with Gasteiger partial charge in [0.25, 0.3) is 0 Å². The van der Waals surface area contributed by atoms with Gasteiger partial charge in [-0.15, -0.1) is 0 Å². The Bertz CT molecular complexity index is 1090. The SMILES string of the molecule is C=C(C)[C@@H]1CC[C@]2(C(O)[C@@H]3OC(CO)[C@@H](O)C(O)C3O)CC[C@]3(C)C(CCC4[C@@]5(C)CC[C@H](O)C(C)(C)C5CC[C@]43C)C12. The van der Waals surface area contributed by atoms with Gasteiger partial charge < -0.3 is 35.4 Å². The smallest absolute Gasteiger partial charge is 0.113 e. The predicted octanol–water partition coefficient (Wildman–Crippen LogP) is 4.21.